The number of hydrogen-bond donors (Lipinski definition) is 2. The van der Waals surface area contributed by atoms with Crippen LogP contribution in [0.15, 0.2) is 24.5 Å². The number of nitrogens with zero attached hydrogens (tertiary/aromatic N) is 1. The van der Waals surface area contributed by atoms with Crippen molar-refractivity contribution < 1.29 is 10.2 Å². The Labute approximate surface area is 103 Å². The summed E-state index contributed by atoms with van der Waals surface area (Å²) in [5.41, 5.74) is 0.143. The molecule has 1 fully saturated rings. The summed E-state index contributed by atoms with van der Waals surface area (Å²) in [7, 11) is 0. The van der Waals surface area contributed by atoms with Crippen LogP contribution in [0.3, 0.4) is 0 Å². The van der Waals surface area contributed by atoms with Crippen molar-refractivity contribution in [3.63, 3.8) is 0 Å². The van der Waals surface area contributed by atoms with Gasteiger partial charge in [-0.15, -0.1) is 0 Å². The van der Waals surface area contributed by atoms with Gasteiger partial charge in [0.15, 0.2) is 0 Å². The molecule has 1 aromatic heterocycles. The van der Waals surface area contributed by atoms with Gasteiger partial charge in [0.25, 0.3) is 0 Å². The van der Waals surface area contributed by atoms with E-state index >= 15 is 0 Å². The third-order valence-corrected chi connectivity index (χ3v) is 3.77. The molecule has 2 N–H and O–H groups in total. The number of aromatic nitrogens is 1. The molecule has 1 saturated carbocycles. The molecule has 2 rings (SSSR count). The van der Waals surface area contributed by atoms with Crippen LogP contribution in [0.4, 0.5) is 0 Å². The van der Waals surface area contributed by atoms with Crippen molar-refractivity contribution in [3.8, 4) is 0 Å². The highest BCUT2D eigenvalue weighted by atomic mass is 16.3. The van der Waals surface area contributed by atoms with Crippen LogP contribution in [-0.4, -0.2) is 26.9 Å². The third-order valence-electron chi connectivity index (χ3n) is 3.77. The molecule has 0 aromatic carbocycles. The fourth-order valence-corrected chi connectivity index (χ4v) is 2.61. The van der Waals surface area contributed by atoms with Crippen LogP contribution in [0.5, 0.6) is 0 Å². The summed E-state index contributed by atoms with van der Waals surface area (Å²) < 4.78 is 0. The SMILES string of the molecule is OC(Cc1ccncc1)C1(O)CCCCCC1. The Morgan fingerprint density at radius 2 is 1.71 bits per heavy atom. The van der Waals surface area contributed by atoms with Crippen LogP contribution in [-0.2, 0) is 6.42 Å². The molecule has 0 aliphatic heterocycles. The number of pyridine rings is 1. The molecule has 0 spiro atoms. The average Bonchev–Trinajstić information content (AvgIpc) is 2.56. The van der Waals surface area contributed by atoms with Crippen molar-refractivity contribution >= 4 is 0 Å². The smallest absolute Gasteiger partial charge is 0.0908 e. The fourth-order valence-electron chi connectivity index (χ4n) is 2.61. The van der Waals surface area contributed by atoms with E-state index in [1.54, 1.807) is 12.4 Å². The summed E-state index contributed by atoms with van der Waals surface area (Å²) >= 11 is 0. The van der Waals surface area contributed by atoms with E-state index in [0.717, 1.165) is 31.2 Å². The summed E-state index contributed by atoms with van der Waals surface area (Å²) in [6.07, 6.45) is 9.11. The van der Waals surface area contributed by atoms with Crippen LogP contribution in [0, 0.1) is 0 Å². The number of aliphatic hydroxyl groups is 2. The van der Waals surface area contributed by atoms with E-state index in [2.05, 4.69) is 4.98 Å². The summed E-state index contributed by atoms with van der Waals surface area (Å²) in [5, 5.41) is 20.8. The highest BCUT2D eigenvalue weighted by molar-refractivity contribution is 5.12. The quantitative estimate of drug-likeness (QED) is 0.789. The molecule has 1 aliphatic carbocycles. The van der Waals surface area contributed by atoms with Gasteiger partial charge in [0.2, 0.25) is 0 Å². The second-order valence-corrected chi connectivity index (χ2v) is 5.09. The van der Waals surface area contributed by atoms with Gasteiger partial charge in [0.1, 0.15) is 0 Å². The van der Waals surface area contributed by atoms with Gasteiger partial charge in [0, 0.05) is 18.8 Å². The topological polar surface area (TPSA) is 53.4 Å². The first-order valence-electron chi connectivity index (χ1n) is 6.50. The number of hydrogen-bond acceptors (Lipinski definition) is 3. The summed E-state index contributed by atoms with van der Waals surface area (Å²) in [4.78, 5) is 3.95. The highest BCUT2D eigenvalue weighted by Crippen LogP contribution is 2.31. The van der Waals surface area contributed by atoms with E-state index < -0.39 is 11.7 Å². The van der Waals surface area contributed by atoms with Gasteiger partial charge >= 0.3 is 0 Å². The molecule has 0 amide bonds. The lowest BCUT2D eigenvalue weighted by atomic mass is 9.85. The van der Waals surface area contributed by atoms with Crippen LogP contribution >= 0.6 is 0 Å². The van der Waals surface area contributed by atoms with E-state index in [9.17, 15) is 10.2 Å². The summed E-state index contributed by atoms with van der Waals surface area (Å²) in [5.74, 6) is 0. The molecule has 1 unspecified atom stereocenters. The molecule has 1 aromatic rings. The first-order valence-corrected chi connectivity index (χ1v) is 6.50. The molecule has 1 atom stereocenters. The molecule has 1 heterocycles. The molecule has 17 heavy (non-hydrogen) atoms. The minimum absolute atomic E-state index is 0.513. The fraction of sp³-hybridized carbons (Fsp3) is 0.643. The number of aliphatic hydroxyl groups excluding tert-OH is 1. The molecule has 0 saturated heterocycles. The van der Waals surface area contributed by atoms with Gasteiger partial charge in [-0.25, -0.2) is 0 Å². The van der Waals surface area contributed by atoms with Gasteiger partial charge in [0.05, 0.1) is 11.7 Å². The molecule has 94 valence electrons. The van der Waals surface area contributed by atoms with Gasteiger partial charge in [-0.05, 0) is 30.5 Å². The van der Waals surface area contributed by atoms with E-state index in [-0.39, 0.29) is 0 Å². The van der Waals surface area contributed by atoms with Crippen molar-refractivity contribution in [1.29, 1.82) is 0 Å². The molecule has 3 nitrogen and oxygen atoms in total. The van der Waals surface area contributed by atoms with E-state index in [1.165, 1.54) is 12.8 Å². The maximum atomic E-state index is 10.5. The van der Waals surface area contributed by atoms with E-state index in [4.69, 9.17) is 0 Å². The van der Waals surface area contributed by atoms with Gasteiger partial charge < -0.3 is 10.2 Å². The zero-order chi connectivity index (χ0) is 12.1. The highest BCUT2D eigenvalue weighted by Gasteiger charge is 2.35. The Morgan fingerprint density at radius 1 is 1.12 bits per heavy atom. The maximum absolute atomic E-state index is 10.5. The minimum atomic E-state index is -0.889. The second kappa shape index (κ2) is 5.61. The molecule has 0 radical (unpaired) electrons. The lowest BCUT2D eigenvalue weighted by molar-refractivity contribution is -0.0836. The molecular weight excluding hydrogens is 214 g/mol. The maximum Gasteiger partial charge on any atom is 0.0908 e. The normalized spacial score (nSPS) is 21.8. The van der Waals surface area contributed by atoms with Crippen molar-refractivity contribution in [1.82, 2.24) is 4.98 Å². The zero-order valence-electron chi connectivity index (χ0n) is 10.2. The Bertz CT molecular complexity index is 331. The second-order valence-electron chi connectivity index (χ2n) is 5.09. The van der Waals surface area contributed by atoms with Crippen molar-refractivity contribution in [2.75, 3.05) is 0 Å². The Balaban J connectivity index is 2.00. The lowest BCUT2D eigenvalue weighted by Crippen LogP contribution is -2.43. The van der Waals surface area contributed by atoms with Crippen molar-refractivity contribution in [2.45, 2.75) is 56.7 Å². The van der Waals surface area contributed by atoms with Crippen LogP contribution in [0.25, 0.3) is 0 Å². The number of rotatable bonds is 3. The molecular formula is C14H21NO2. The van der Waals surface area contributed by atoms with Crippen molar-refractivity contribution in [3.05, 3.63) is 30.1 Å². The van der Waals surface area contributed by atoms with Crippen LogP contribution < -0.4 is 0 Å². The molecule has 0 bridgehead atoms. The molecule has 1 aliphatic rings. The summed E-state index contributed by atoms with van der Waals surface area (Å²) in [6, 6.07) is 3.78. The van der Waals surface area contributed by atoms with Gasteiger partial charge in [-0.3, -0.25) is 4.98 Å². The van der Waals surface area contributed by atoms with Gasteiger partial charge in [-0.1, -0.05) is 25.7 Å². The zero-order valence-corrected chi connectivity index (χ0v) is 10.2. The predicted octanol–water partition coefficient (Wildman–Crippen LogP) is 2.07. The van der Waals surface area contributed by atoms with Crippen molar-refractivity contribution in [2.24, 2.45) is 0 Å². The van der Waals surface area contributed by atoms with Gasteiger partial charge in [-0.2, -0.15) is 0 Å². The van der Waals surface area contributed by atoms with Crippen LogP contribution in [0.1, 0.15) is 44.1 Å². The van der Waals surface area contributed by atoms with E-state index in [1.807, 2.05) is 12.1 Å². The summed E-state index contributed by atoms with van der Waals surface area (Å²) in [6.45, 7) is 0. The first kappa shape index (κ1) is 12.5. The first-order chi connectivity index (χ1) is 8.21. The Kier molecular flexibility index (Phi) is 4.13. The standard InChI is InChI=1S/C14H21NO2/c16-13(11-12-5-9-15-10-6-12)14(17)7-3-1-2-4-8-14/h5-6,9-10,13,16-17H,1-4,7-8,11H2. The van der Waals surface area contributed by atoms with E-state index in [0.29, 0.717) is 6.42 Å². The minimum Gasteiger partial charge on any atom is -0.390 e. The lowest BCUT2D eigenvalue weighted by Gasteiger charge is -2.32. The monoisotopic (exact) mass is 235 g/mol. The molecule has 3 heteroatoms. The van der Waals surface area contributed by atoms with Crippen LogP contribution in [0.2, 0.25) is 0 Å². The predicted molar refractivity (Wildman–Crippen MR) is 66.6 cm³/mol. The third kappa shape index (κ3) is 3.27. The Hall–Kier alpha value is -0.930. The average molecular weight is 235 g/mol. The Morgan fingerprint density at radius 3 is 2.29 bits per heavy atom. The largest absolute Gasteiger partial charge is 0.390 e.